The van der Waals surface area contributed by atoms with Crippen molar-refractivity contribution in [1.29, 1.82) is 0 Å². The first-order valence-corrected chi connectivity index (χ1v) is 7.05. The van der Waals surface area contributed by atoms with Crippen LogP contribution >= 0.6 is 0 Å². The minimum Gasteiger partial charge on any atom is -0.319 e. The molecule has 0 heterocycles. The molecule has 0 bridgehead atoms. The quantitative estimate of drug-likeness (QED) is 0.876. The van der Waals surface area contributed by atoms with Crippen LogP contribution in [0.2, 0.25) is 0 Å². The highest BCUT2D eigenvalue weighted by Gasteiger charge is 2.56. The molecule has 1 saturated carbocycles. The molecule has 19 heavy (non-hydrogen) atoms. The fraction of sp³-hybridized carbons (Fsp3) is 0.333. The van der Waals surface area contributed by atoms with Crippen LogP contribution in [-0.2, 0) is 5.41 Å². The predicted molar refractivity (Wildman–Crippen MR) is 80.4 cm³/mol. The minimum absolute atomic E-state index is 0.232. The van der Waals surface area contributed by atoms with Gasteiger partial charge in [0.05, 0.1) is 0 Å². The minimum atomic E-state index is 0.232. The van der Waals surface area contributed by atoms with Crippen molar-refractivity contribution >= 4 is 0 Å². The number of rotatable bonds is 4. The number of nitrogens with one attached hydrogen (secondary N) is 1. The van der Waals surface area contributed by atoms with Crippen molar-refractivity contribution in [2.75, 3.05) is 13.6 Å². The van der Waals surface area contributed by atoms with Crippen molar-refractivity contribution in [2.24, 2.45) is 5.92 Å². The summed E-state index contributed by atoms with van der Waals surface area (Å²) in [5.41, 5.74) is 4.60. The molecule has 2 unspecified atom stereocenters. The summed E-state index contributed by atoms with van der Waals surface area (Å²) in [7, 11) is 2.05. The lowest BCUT2D eigenvalue weighted by atomic mass is 9.83. The van der Waals surface area contributed by atoms with Crippen LogP contribution in [0.15, 0.2) is 54.6 Å². The Morgan fingerprint density at radius 2 is 1.74 bits per heavy atom. The maximum atomic E-state index is 3.34. The summed E-state index contributed by atoms with van der Waals surface area (Å²) in [6.07, 6.45) is 1.25. The molecule has 1 fully saturated rings. The monoisotopic (exact) mass is 251 g/mol. The first-order chi connectivity index (χ1) is 9.29. The van der Waals surface area contributed by atoms with E-state index in [2.05, 4.69) is 66.8 Å². The van der Waals surface area contributed by atoms with Crippen molar-refractivity contribution in [3.05, 3.63) is 71.3 Å². The molecule has 2 aromatic rings. The van der Waals surface area contributed by atoms with Gasteiger partial charge in [-0.05, 0) is 49.5 Å². The van der Waals surface area contributed by atoms with E-state index in [9.17, 15) is 0 Å². The van der Waals surface area contributed by atoms with Gasteiger partial charge in [-0.25, -0.2) is 0 Å². The molecule has 0 aromatic heterocycles. The third kappa shape index (κ3) is 1.98. The normalized spacial score (nSPS) is 25.3. The van der Waals surface area contributed by atoms with Crippen LogP contribution in [0.5, 0.6) is 0 Å². The molecule has 1 heteroatoms. The fourth-order valence-corrected chi connectivity index (χ4v) is 3.47. The second-order valence-electron chi connectivity index (χ2n) is 5.61. The van der Waals surface area contributed by atoms with Crippen molar-refractivity contribution in [1.82, 2.24) is 5.32 Å². The summed E-state index contributed by atoms with van der Waals surface area (Å²) in [5, 5.41) is 3.34. The maximum absolute atomic E-state index is 3.34. The van der Waals surface area contributed by atoms with Gasteiger partial charge in [0.25, 0.3) is 0 Å². The lowest BCUT2D eigenvalue weighted by molar-refractivity contribution is 0.639. The number of hydrogen-bond donors (Lipinski definition) is 1. The van der Waals surface area contributed by atoms with Crippen LogP contribution in [0.3, 0.4) is 0 Å². The molecule has 1 N–H and O–H groups in total. The Morgan fingerprint density at radius 3 is 2.42 bits per heavy atom. The van der Waals surface area contributed by atoms with E-state index in [-0.39, 0.29) is 5.41 Å². The number of aryl methyl sites for hydroxylation is 1. The highest BCUT2D eigenvalue weighted by atomic mass is 14.8. The molecule has 0 radical (unpaired) electrons. The zero-order valence-corrected chi connectivity index (χ0v) is 11.7. The van der Waals surface area contributed by atoms with Crippen molar-refractivity contribution < 1.29 is 0 Å². The van der Waals surface area contributed by atoms with Crippen LogP contribution in [0.4, 0.5) is 0 Å². The SMILES string of the molecule is CNCC1CC1(c1ccccc1)c1ccccc1C. The van der Waals surface area contributed by atoms with E-state index in [1.165, 1.54) is 23.1 Å². The Morgan fingerprint density at radius 1 is 1.05 bits per heavy atom. The van der Waals surface area contributed by atoms with Crippen molar-refractivity contribution in [2.45, 2.75) is 18.8 Å². The van der Waals surface area contributed by atoms with E-state index in [0.29, 0.717) is 5.92 Å². The van der Waals surface area contributed by atoms with Gasteiger partial charge in [0.1, 0.15) is 0 Å². The Balaban J connectivity index is 2.08. The summed E-state index contributed by atoms with van der Waals surface area (Å²) in [4.78, 5) is 0. The summed E-state index contributed by atoms with van der Waals surface area (Å²) >= 11 is 0. The molecule has 3 rings (SSSR count). The molecule has 2 aromatic carbocycles. The molecule has 0 aliphatic heterocycles. The fourth-order valence-electron chi connectivity index (χ4n) is 3.47. The van der Waals surface area contributed by atoms with Gasteiger partial charge < -0.3 is 5.32 Å². The topological polar surface area (TPSA) is 12.0 Å². The standard InChI is InChI=1S/C18H21N/c1-14-8-6-7-11-17(14)18(12-16(18)13-19-2)15-9-4-3-5-10-15/h3-11,16,19H,12-13H2,1-2H3. The van der Waals surface area contributed by atoms with Crippen LogP contribution in [0, 0.1) is 12.8 Å². The summed E-state index contributed by atoms with van der Waals surface area (Å²) in [6.45, 7) is 3.32. The van der Waals surface area contributed by atoms with Crippen LogP contribution < -0.4 is 5.32 Å². The first-order valence-electron chi connectivity index (χ1n) is 7.05. The second kappa shape index (κ2) is 4.82. The molecule has 0 saturated heterocycles. The Kier molecular flexibility index (Phi) is 3.16. The van der Waals surface area contributed by atoms with Crippen LogP contribution in [0.1, 0.15) is 23.1 Å². The van der Waals surface area contributed by atoms with E-state index in [1.807, 2.05) is 7.05 Å². The zero-order valence-electron chi connectivity index (χ0n) is 11.7. The van der Waals surface area contributed by atoms with E-state index in [4.69, 9.17) is 0 Å². The first kappa shape index (κ1) is 12.4. The summed E-state index contributed by atoms with van der Waals surface area (Å²) in [6, 6.07) is 19.8. The Bertz CT molecular complexity index is 561. The Hall–Kier alpha value is -1.60. The third-order valence-corrected chi connectivity index (χ3v) is 4.47. The van der Waals surface area contributed by atoms with Crippen molar-refractivity contribution in [3.8, 4) is 0 Å². The Labute approximate surface area is 115 Å². The van der Waals surface area contributed by atoms with Gasteiger partial charge in [0, 0.05) is 5.41 Å². The summed E-state index contributed by atoms with van der Waals surface area (Å²) < 4.78 is 0. The molecule has 0 spiro atoms. The zero-order chi connectivity index (χ0) is 13.3. The van der Waals surface area contributed by atoms with E-state index in [0.717, 1.165) is 6.54 Å². The summed E-state index contributed by atoms with van der Waals surface area (Å²) in [5.74, 6) is 0.709. The van der Waals surface area contributed by atoms with E-state index in [1.54, 1.807) is 0 Å². The van der Waals surface area contributed by atoms with Gasteiger partial charge in [-0.1, -0.05) is 54.6 Å². The van der Waals surface area contributed by atoms with E-state index >= 15 is 0 Å². The van der Waals surface area contributed by atoms with Gasteiger partial charge >= 0.3 is 0 Å². The van der Waals surface area contributed by atoms with Crippen molar-refractivity contribution in [3.63, 3.8) is 0 Å². The van der Waals surface area contributed by atoms with Gasteiger partial charge in [-0.2, -0.15) is 0 Å². The van der Waals surface area contributed by atoms with Gasteiger partial charge in [-0.3, -0.25) is 0 Å². The lowest BCUT2D eigenvalue weighted by Crippen LogP contribution is -2.20. The number of benzene rings is 2. The van der Waals surface area contributed by atoms with Crippen LogP contribution in [0.25, 0.3) is 0 Å². The largest absolute Gasteiger partial charge is 0.319 e. The maximum Gasteiger partial charge on any atom is 0.0249 e. The van der Waals surface area contributed by atoms with E-state index < -0.39 is 0 Å². The molecule has 2 atom stereocenters. The van der Waals surface area contributed by atoms with Gasteiger partial charge in [-0.15, -0.1) is 0 Å². The molecule has 98 valence electrons. The molecule has 0 amide bonds. The number of hydrogen-bond acceptors (Lipinski definition) is 1. The average molecular weight is 251 g/mol. The predicted octanol–water partition coefficient (Wildman–Crippen LogP) is 3.52. The molecule has 1 aliphatic carbocycles. The lowest BCUT2D eigenvalue weighted by Gasteiger charge is -2.21. The highest BCUT2D eigenvalue weighted by Crippen LogP contribution is 2.59. The average Bonchev–Trinajstić information content (AvgIpc) is 3.16. The molecular formula is C18H21N. The van der Waals surface area contributed by atoms with Gasteiger partial charge in [0.2, 0.25) is 0 Å². The molecule has 1 nitrogen and oxygen atoms in total. The van der Waals surface area contributed by atoms with Crippen LogP contribution in [-0.4, -0.2) is 13.6 Å². The smallest absolute Gasteiger partial charge is 0.0249 e. The third-order valence-electron chi connectivity index (χ3n) is 4.47. The highest BCUT2D eigenvalue weighted by molar-refractivity contribution is 5.50. The molecule has 1 aliphatic rings. The molecular weight excluding hydrogens is 230 g/mol. The van der Waals surface area contributed by atoms with Gasteiger partial charge in [0.15, 0.2) is 0 Å². The second-order valence-corrected chi connectivity index (χ2v) is 5.61.